The lowest BCUT2D eigenvalue weighted by Gasteiger charge is -2.18. The molecule has 0 atom stereocenters. The van der Waals surface area contributed by atoms with Crippen molar-refractivity contribution >= 4 is 27.3 Å². The molecule has 0 saturated carbocycles. The van der Waals surface area contributed by atoms with Crippen molar-refractivity contribution in [1.82, 2.24) is 9.88 Å². The summed E-state index contributed by atoms with van der Waals surface area (Å²) in [7, 11) is 0. The normalized spacial score (nSPS) is 11.0. The van der Waals surface area contributed by atoms with Gasteiger partial charge in [0.25, 0.3) is 0 Å². The third-order valence-corrected chi connectivity index (χ3v) is 3.91. The summed E-state index contributed by atoms with van der Waals surface area (Å²) < 4.78 is 1.03. The fourth-order valence-electron chi connectivity index (χ4n) is 1.63. The first-order valence-electron chi connectivity index (χ1n) is 5.63. The quantitative estimate of drug-likeness (QED) is 0.832. The minimum absolute atomic E-state index is 0.904. The van der Waals surface area contributed by atoms with Crippen LogP contribution in [0.1, 0.15) is 17.5 Å². The topological polar surface area (TPSA) is 16.1 Å². The van der Waals surface area contributed by atoms with Gasteiger partial charge in [-0.25, -0.2) is 0 Å². The van der Waals surface area contributed by atoms with E-state index in [-0.39, 0.29) is 0 Å². The van der Waals surface area contributed by atoms with E-state index in [2.05, 4.69) is 56.3 Å². The van der Waals surface area contributed by atoms with E-state index in [1.165, 1.54) is 4.88 Å². The second kappa shape index (κ2) is 6.28. The predicted molar refractivity (Wildman–Crippen MR) is 76.0 cm³/mol. The minimum Gasteiger partial charge on any atom is -0.293 e. The van der Waals surface area contributed by atoms with Crippen molar-refractivity contribution in [2.75, 3.05) is 6.54 Å². The molecule has 2 aromatic rings. The third kappa shape index (κ3) is 3.91. The minimum atomic E-state index is 0.904. The summed E-state index contributed by atoms with van der Waals surface area (Å²) in [5.74, 6) is 0. The van der Waals surface area contributed by atoms with E-state index >= 15 is 0 Å². The Morgan fingerprint density at radius 3 is 2.76 bits per heavy atom. The van der Waals surface area contributed by atoms with Gasteiger partial charge >= 0.3 is 0 Å². The Morgan fingerprint density at radius 2 is 2.18 bits per heavy atom. The average molecular weight is 311 g/mol. The van der Waals surface area contributed by atoms with Gasteiger partial charge in [-0.05, 0) is 46.1 Å². The highest BCUT2D eigenvalue weighted by atomic mass is 79.9. The Labute approximate surface area is 114 Å². The molecule has 0 saturated heterocycles. The molecule has 4 heteroatoms. The fraction of sp³-hybridized carbons (Fsp3) is 0.308. The molecule has 0 unspecified atom stereocenters. The molecule has 2 rings (SSSR count). The molecule has 0 N–H and O–H groups in total. The first-order chi connectivity index (χ1) is 8.28. The molecule has 90 valence electrons. The molecular weight excluding hydrogens is 296 g/mol. The van der Waals surface area contributed by atoms with Crippen LogP contribution in [-0.4, -0.2) is 16.4 Å². The molecule has 0 amide bonds. The van der Waals surface area contributed by atoms with Gasteiger partial charge < -0.3 is 0 Å². The molecule has 0 aliphatic carbocycles. The summed E-state index contributed by atoms with van der Waals surface area (Å²) in [6, 6.07) is 8.40. The standard InChI is InChI=1S/C13H15BrN2S/c1-2-16(10-13-4-3-7-17-13)9-12-6-5-11(14)8-15-12/h3-8H,2,9-10H2,1H3. The van der Waals surface area contributed by atoms with Gasteiger partial charge in [-0.1, -0.05) is 13.0 Å². The summed E-state index contributed by atoms with van der Waals surface area (Å²) in [4.78, 5) is 8.21. The summed E-state index contributed by atoms with van der Waals surface area (Å²) in [5, 5.41) is 2.13. The Hall–Kier alpha value is -0.710. The molecule has 0 fully saturated rings. The summed E-state index contributed by atoms with van der Waals surface area (Å²) in [5.41, 5.74) is 1.12. The van der Waals surface area contributed by atoms with Gasteiger partial charge in [-0.2, -0.15) is 0 Å². The fourth-order valence-corrected chi connectivity index (χ4v) is 2.61. The average Bonchev–Trinajstić information content (AvgIpc) is 2.84. The van der Waals surface area contributed by atoms with Gasteiger partial charge in [0.1, 0.15) is 0 Å². The molecule has 2 heterocycles. The SMILES string of the molecule is CCN(Cc1ccc(Br)cn1)Cc1cccs1. The van der Waals surface area contributed by atoms with Crippen molar-refractivity contribution in [3.8, 4) is 0 Å². The number of halogens is 1. The third-order valence-electron chi connectivity index (χ3n) is 2.58. The number of rotatable bonds is 5. The number of aromatic nitrogens is 1. The van der Waals surface area contributed by atoms with E-state index in [9.17, 15) is 0 Å². The molecule has 17 heavy (non-hydrogen) atoms. The monoisotopic (exact) mass is 310 g/mol. The van der Waals surface area contributed by atoms with Crippen LogP contribution >= 0.6 is 27.3 Å². The summed E-state index contributed by atoms with van der Waals surface area (Å²) in [6.07, 6.45) is 1.86. The Kier molecular flexibility index (Phi) is 4.71. The van der Waals surface area contributed by atoms with E-state index in [1.54, 1.807) is 0 Å². The lowest BCUT2D eigenvalue weighted by molar-refractivity contribution is 0.270. The maximum absolute atomic E-state index is 4.41. The van der Waals surface area contributed by atoms with Crippen molar-refractivity contribution in [2.24, 2.45) is 0 Å². The van der Waals surface area contributed by atoms with Gasteiger partial charge in [-0.15, -0.1) is 11.3 Å². The number of nitrogens with zero attached hydrogens (tertiary/aromatic N) is 2. The van der Waals surface area contributed by atoms with Crippen molar-refractivity contribution in [3.63, 3.8) is 0 Å². The molecule has 0 spiro atoms. The number of hydrogen-bond donors (Lipinski definition) is 0. The highest BCUT2D eigenvalue weighted by Gasteiger charge is 2.06. The van der Waals surface area contributed by atoms with E-state index in [0.29, 0.717) is 0 Å². The van der Waals surface area contributed by atoms with Crippen LogP contribution < -0.4 is 0 Å². The molecular formula is C13H15BrN2S. The molecule has 0 aliphatic rings. The largest absolute Gasteiger partial charge is 0.293 e. The van der Waals surface area contributed by atoms with Gasteiger partial charge in [0.15, 0.2) is 0 Å². The number of pyridine rings is 1. The second-order valence-electron chi connectivity index (χ2n) is 3.85. The highest BCUT2D eigenvalue weighted by molar-refractivity contribution is 9.10. The van der Waals surface area contributed by atoms with E-state index in [4.69, 9.17) is 0 Å². The van der Waals surface area contributed by atoms with Gasteiger partial charge in [0, 0.05) is 28.6 Å². The van der Waals surface area contributed by atoms with Crippen LogP contribution in [0.15, 0.2) is 40.3 Å². The zero-order valence-electron chi connectivity index (χ0n) is 9.77. The van der Waals surface area contributed by atoms with Crippen LogP contribution in [0.4, 0.5) is 0 Å². The van der Waals surface area contributed by atoms with E-state index < -0.39 is 0 Å². The number of hydrogen-bond acceptors (Lipinski definition) is 3. The molecule has 2 aromatic heterocycles. The van der Waals surface area contributed by atoms with Crippen LogP contribution in [0, 0.1) is 0 Å². The molecule has 2 nitrogen and oxygen atoms in total. The molecule has 0 aromatic carbocycles. The maximum Gasteiger partial charge on any atom is 0.0544 e. The summed E-state index contributed by atoms with van der Waals surface area (Å²) >= 11 is 5.21. The lowest BCUT2D eigenvalue weighted by atomic mass is 10.3. The van der Waals surface area contributed by atoms with Crippen LogP contribution in [-0.2, 0) is 13.1 Å². The van der Waals surface area contributed by atoms with Gasteiger partial charge in [-0.3, -0.25) is 9.88 Å². The van der Waals surface area contributed by atoms with Crippen LogP contribution in [0.2, 0.25) is 0 Å². The Morgan fingerprint density at radius 1 is 1.29 bits per heavy atom. The first-order valence-corrected chi connectivity index (χ1v) is 7.30. The Balaban J connectivity index is 1.97. The van der Waals surface area contributed by atoms with Crippen LogP contribution in [0.25, 0.3) is 0 Å². The second-order valence-corrected chi connectivity index (χ2v) is 5.80. The molecule has 0 bridgehead atoms. The van der Waals surface area contributed by atoms with Crippen LogP contribution in [0.3, 0.4) is 0 Å². The number of thiophene rings is 1. The predicted octanol–water partition coefficient (Wildman–Crippen LogP) is 3.93. The van der Waals surface area contributed by atoms with E-state index in [0.717, 1.165) is 29.8 Å². The molecule has 0 radical (unpaired) electrons. The highest BCUT2D eigenvalue weighted by Crippen LogP contribution is 2.14. The smallest absolute Gasteiger partial charge is 0.0544 e. The van der Waals surface area contributed by atoms with E-state index in [1.807, 2.05) is 23.6 Å². The van der Waals surface area contributed by atoms with Gasteiger partial charge in [0.2, 0.25) is 0 Å². The van der Waals surface area contributed by atoms with Crippen LogP contribution in [0.5, 0.6) is 0 Å². The first kappa shape index (κ1) is 12.7. The summed E-state index contributed by atoms with van der Waals surface area (Å²) in [6.45, 7) is 5.13. The zero-order valence-corrected chi connectivity index (χ0v) is 12.2. The van der Waals surface area contributed by atoms with Gasteiger partial charge in [0.05, 0.1) is 5.69 Å². The lowest BCUT2D eigenvalue weighted by Crippen LogP contribution is -2.22. The maximum atomic E-state index is 4.41. The van der Waals surface area contributed by atoms with Crippen molar-refractivity contribution in [1.29, 1.82) is 0 Å². The zero-order chi connectivity index (χ0) is 12.1. The van der Waals surface area contributed by atoms with Crippen molar-refractivity contribution < 1.29 is 0 Å². The van der Waals surface area contributed by atoms with Crippen molar-refractivity contribution in [2.45, 2.75) is 20.0 Å². The Bertz CT molecular complexity index is 439. The molecule has 0 aliphatic heterocycles. The van der Waals surface area contributed by atoms with Crippen molar-refractivity contribution in [3.05, 3.63) is 50.9 Å².